The number of carboxylic acid groups (broad SMARTS) is 1. The highest BCUT2D eigenvalue weighted by Gasteiger charge is 2.23. The van der Waals surface area contributed by atoms with Gasteiger partial charge in [-0.2, -0.15) is 0 Å². The number of methoxy groups -OCH3 is 1. The number of carbonyl (C=O) groups is 2. The van der Waals surface area contributed by atoms with E-state index in [9.17, 15) is 18.0 Å². The van der Waals surface area contributed by atoms with E-state index in [0.29, 0.717) is 0 Å². The van der Waals surface area contributed by atoms with Crippen molar-refractivity contribution in [1.82, 2.24) is 0 Å². The van der Waals surface area contributed by atoms with Gasteiger partial charge in [-0.3, -0.25) is 0 Å². The molecule has 0 atom stereocenters. The van der Waals surface area contributed by atoms with Crippen molar-refractivity contribution >= 4 is 37.4 Å². The first-order valence-corrected chi connectivity index (χ1v) is 6.69. The molecule has 0 aliphatic heterocycles. The fourth-order valence-corrected chi connectivity index (χ4v) is 2.01. The Morgan fingerprint density at radius 2 is 1.83 bits per heavy atom. The minimum Gasteiger partial charge on any atom is -0.478 e. The van der Waals surface area contributed by atoms with Crippen molar-refractivity contribution in [3.8, 4) is 0 Å². The van der Waals surface area contributed by atoms with Crippen molar-refractivity contribution in [2.24, 2.45) is 0 Å². The molecule has 0 aliphatic rings. The number of ether oxygens (including phenoxy) is 1. The molecule has 0 aromatic heterocycles. The predicted octanol–water partition coefficient (Wildman–Crippen LogP) is 0.681. The molecule has 98 valence electrons. The van der Waals surface area contributed by atoms with E-state index in [1.54, 1.807) is 0 Å². The average Bonchev–Trinajstić information content (AvgIpc) is 2.26. The summed E-state index contributed by atoms with van der Waals surface area (Å²) in [5, 5.41) is 8.86. The summed E-state index contributed by atoms with van der Waals surface area (Å²) in [6.07, 6.45) is 0. The normalized spacial score (nSPS) is 11.0. The summed E-state index contributed by atoms with van der Waals surface area (Å²) in [6.45, 7) is 0. The monoisotopic (exact) mass is 293 g/mol. The summed E-state index contributed by atoms with van der Waals surface area (Å²) >= 11 is 0. The molecule has 0 bridgehead atoms. The maximum Gasteiger partial charge on any atom is 0.340 e. The van der Waals surface area contributed by atoms with Crippen LogP contribution in [0, 0.1) is 0 Å². The summed E-state index contributed by atoms with van der Waals surface area (Å²) < 4.78 is 26.7. The van der Waals surface area contributed by atoms with Gasteiger partial charge in [-0.1, -0.05) is 0 Å². The third-order valence-electron chi connectivity index (χ3n) is 2.07. The number of benzene rings is 1. The number of aromatic carboxylic acids is 1. The molecular weight excluding hydrogens is 286 g/mol. The van der Waals surface area contributed by atoms with Crippen LogP contribution in [-0.4, -0.2) is 32.6 Å². The number of esters is 1. The second-order valence-corrected chi connectivity index (χ2v) is 5.73. The smallest absolute Gasteiger partial charge is 0.340 e. The second kappa shape index (κ2) is 4.83. The summed E-state index contributed by atoms with van der Waals surface area (Å²) in [7, 11) is 1.95. The Kier molecular flexibility index (Phi) is 3.82. The molecule has 0 aliphatic carbocycles. The molecule has 1 aromatic rings. The number of halogens is 1. The van der Waals surface area contributed by atoms with Crippen LogP contribution < -0.4 is 5.73 Å². The molecule has 1 aromatic carbocycles. The molecule has 0 heterocycles. The standard InChI is InChI=1S/C9H8ClNO6S/c1-17-9(14)6-3-4(18(10,15)16)2-5(7(6)11)8(12)13/h2-3H,11H2,1H3,(H,12,13). The average molecular weight is 294 g/mol. The Hall–Kier alpha value is -1.80. The Balaban J connectivity index is 3.68. The van der Waals surface area contributed by atoms with E-state index < -0.39 is 37.1 Å². The minimum atomic E-state index is -4.19. The Morgan fingerprint density at radius 3 is 2.22 bits per heavy atom. The Bertz CT molecular complexity index is 624. The van der Waals surface area contributed by atoms with Crippen LogP contribution in [0.3, 0.4) is 0 Å². The van der Waals surface area contributed by atoms with Gasteiger partial charge in [0, 0.05) is 10.7 Å². The molecule has 0 fully saturated rings. The van der Waals surface area contributed by atoms with Crippen LogP contribution in [0.15, 0.2) is 17.0 Å². The lowest BCUT2D eigenvalue weighted by Gasteiger charge is -2.08. The first-order valence-electron chi connectivity index (χ1n) is 4.38. The number of rotatable bonds is 3. The topological polar surface area (TPSA) is 124 Å². The van der Waals surface area contributed by atoms with Crippen molar-refractivity contribution in [2.75, 3.05) is 12.8 Å². The highest BCUT2D eigenvalue weighted by atomic mass is 35.7. The van der Waals surface area contributed by atoms with E-state index in [1.807, 2.05) is 0 Å². The maximum atomic E-state index is 11.4. The molecule has 7 nitrogen and oxygen atoms in total. The molecular formula is C9H8ClNO6S. The quantitative estimate of drug-likeness (QED) is 0.477. The van der Waals surface area contributed by atoms with Gasteiger partial charge in [0.2, 0.25) is 0 Å². The number of hydrogen-bond donors (Lipinski definition) is 2. The second-order valence-electron chi connectivity index (χ2n) is 3.17. The zero-order valence-corrected chi connectivity index (χ0v) is 10.6. The molecule has 18 heavy (non-hydrogen) atoms. The van der Waals surface area contributed by atoms with Gasteiger partial charge in [-0.15, -0.1) is 0 Å². The highest BCUT2D eigenvalue weighted by molar-refractivity contribution is 8.13. The molecule has 0 amide bonds. The number of hydrogen-bond acceptors (Lipinski definition) is 6. The van der Waals surface area contributed by atoms with Gasteiger partial charge in [-0.25, -0.2) is 18.0 Å². The van der Waals surface area contributed by atoms with Crippen molar-refractivity contribution in [3.05, 3.63) is 23.3 Å². The molecule has 3 N–H and O–H groups in total. The molecule has 0 unspecified atom stereocenters. The van der Waals surface area contributed by atoms with Crippen LogP contribution in [0.25, 0.3) is 0 Å². The van der Waals surface area contributed by atoms with E-state index in [4.69, 9.17) is 21.5 Å². The van der Waals surface area contributed by atoms with Gasteiger partial charge < -0.3 is 15.6 Å². The zero-order chi connectivity index (χ0) is 14.1. The number of nitrogen functional groups attached to an aromatic ring is 1. The van der Waals surface area contributed by atoms with Crippen LogP contribution in [-0.2, 0) is 13.8 Å². The van der Waals surface area contributed by atoms with Gasteiger partial charge in [0.25, 0.3) is 9.05 Å². The van der Waals surface area contributed by atoms with Crippen molar-refractivity contribution in [2.45, 2.75) is 4.90 Å². The zero-order valence-electron chi connectivity index (χ0n) is 9.01. The third-order valence-corrected chi connectivity index (χ3v) is 3.40. The first kappa shape index (κ1) is 14.3. The predicted molar refractivity (Wildman–Crippen MR) is 62.2 cm³/mol. The Labute approximate surface area is 107 Å². The number of anilines is 1. The van der Waals surface area contributed by atoms with Gasteiger partial charge in [-0.05, 0) is 12.1 Å². The molecule has 1 rings (SSSR count). The summed E-state index contributed by atoms with van der Waals surface area (Å²) in [4.78, 5) is 21.7. The van der Waals surface area contributed by atoms with Gasteiger partial charge in [0.05, 0.1) is 28.8 Å². The van der Waals surface area contributed by atoms with Crippen LogP contribution in [0.4, 0.5) is 5.69 Å². The van der Waals surface area contributed by atoms with Crippen molar-refractivity contribution in [3.63, 3.8) is 0 Å². The van der Waals surface area contributed by atoms with Crippen molar-refractivity contribution in [1.29, 1.82) is 0 Å². The fourth-order valence-electron chi connectivity index (χ4n) is 1.22. The van der Waals surface area contributed by atoms with Crippen LogP contribution in [0.2, 0.25) is 0 Å². The fraction of sp³-hybridized carbons (Fsp3) is 0.111. The van der Waals surface area contributed by atoms with Gasteiger partial charge in [0.15, 0.2) is 0 Å². The number of carboxylic acids is 1. The number of carbonyl (C=O) groups excluding carboxylic acids is 1. The van der Waals surface area contributed by atoms with Crippen LogP contribution in [0.5, 0.6) is 0 Å². The first-order chi connectivity index (χ1) is 8.18. The largest absolute Gasteiger partial charge is 0.478 e. The van der Waals surface area contributed by atoms with E-state index in [1.165, 1.54) is 0 Å². The SMILES string of the molecule is COC(=O)c1cc(S(=O)(=O)Cl)cc(C(=O)O)c1N. The lowest BCUT2D eigenvalue weighted by atomic mass is 10.1. The third kappa shape index (κ3) is 2.71. The van der Waals surface area contributed by atoms with E-state index in [0.717, 1.165) is 19.2 Å². The minimum absolute atomic E-state index is 0.378. The number of nitrogens with two attached hydrogens (primary N) is 1. The summed E-state index contributed by atoms with van der Waals surface area (Å²) in [5.41, 5.74) is 4.14. The molecule has 0 saturated carbocycles. The van der Waals surface area contributed by atoms with E-state index >= 15 is 0 Å². The van der Waals surface area contributed by atoms with E-state index in [-0.39, 0.29) is 5.56 Å². The lowest BCUT2D eigenvalue weighted by molar-refractivity contribution is 0.0601. The van der Waals surface area contributed by atoms with Gasteiger partial charge in [0.1, 0.15) is 0 Å². The molecule has 0 radical (unpaired) electrons. The van der Waals surface area contributed by atoms with Crippen molar-refractivity contribution < 1.29 is 27.9 Å². The Morgan fingerprint density at radius 1 is 1.33 bits per heavy atom. The molecule has 0 saturated heterocycles. The van der Waals surface area contributed by atoms with Gasteiger partial charge >= 0.3 is 11.9 Å². The maximum absolute atomic E-state index is 11.4. The summed E-state index contributed by atoms with van der Waals surface area (Å²) in [6, 6.07) is 1.63. The molecule has 9 heteroatoms. The summed E-state index contributed by atoms with van der Waals surface area (Å²) in [5.74, 6) is -2.45. The molecule has 0 spiro atoms. The van der Waals surface area contributed by atoms with Crippen LogP contribution in [0.1, 0.15) is 20.7 Å². The lowest BCUT2D eigenvalue weighted by Crippen LogP contribution is -2.12. The van der Waals surface area contributed by atoms with Crippen LogP contribution >= 0.6 is 10.7 Å². The highest BCUT2D eigenvalue weighted by Crippen LogP contribution is 2.26. The van der Waals surface area contributed by atoms with E-state index in [2.05, 4.69) is 4.74 Å².